The molecule has 186 valence electrons. The molecule has 0 unspecified atom stereocenters. The molecule has 0 saturated heterocycles. The normalized spacial score (nSPS) is 13.0. The van der Waals surface area contributed by atoms with Gasteiger partial charge < -0.3 is 15.8 Å². The number of amides is 1. The number of nitrogens with one attached hydrogen (secondary N) is 1. The molecule has 0 atom stereocenters. The maximum Gasteiger partial charge on any atom is 0.406 e. The number of alkyl carbamates (subject to hydrolysis) is 1. The van der Waals surface area contributed by atoms with Crippen LogP contribution in [0.2, 0.25) is 0 Å². The van der Waals surface area contributed by atoms with Crippen molar-refractivity contribution in [2.45, 2.75) is 25.8 Å². The Labute approximate surface area is 204 Å². The first kappa shape index (κ1) is 24.5. The van der Waals surface area contributed by atoms with Gasteiger partial charge in [0.05, 0.1) is 42.0 Å². The van der Waals surface area contributed by atoms with Crippen LogP contribution in [-0.2, 0) is 4.74 Å². The third kappa shape index (κ3) is 5.38. The second kappa shape index (κ2) is 10.8. The lowest BCUT2D eigenvalue weighted by Gasteiger charge is -2.24. The van der Waals surface area contributed by atoms with Gasteiger partial charge in [-0.2, -0.15) is 23.8 Å². The molecule has 1 amide bonds. The number of carbonyl (C=O) groups excluding carboxylic acids is 1. The van der Waals surface area contributed by atoms with E-state index in [1.807, 2.05) is 12.1 Å². The Kier molecular flexibility index (Phi) is 7.33. The van der Waals surface area contributed by atoms with E-state index in [-0.39, 0.29) is 11.8 Å². The van der Waals surface area contributed by atoms with Gasteiger partial charge in [-0.15, -0.1) is 5.10 Å². The lowest BCUT2D eigenvalue weighted by molar-refractivity contribution is 0.0546. The number of anilines is 1. The van der Waals surface area contributed by atoms with Gasteiger partial charge >= 0.3 is 12.6 Å². The molecule has 13 heteroatoms. The number of nitrogen functional groups attached to an aromatic ring is 1. The summed E-state index contributed by atoms with van der Waals surface area (Å²) in [6.07, 6.45) is 7.52. The molecule has 5 rings (SSSR count). The minimum absolute atomic E-state index is 0.207. The van der Waals surface area contributed by atoms with E-state index in [0.717, 1.165) is 18.3 Å². The summed E-state index contributed by atoms with van der Waals surface area (Å²) in [5.74, 6) is 0.707. The lowest BCUT2D eigenvalue weighted by Crippen LogP contribution is -2.31. The summed E-state index contributed by atoms with van der Waals surface area (Å²) in [6, 6.07) is 8.96. The van der Waals surface area contributed by atoms with Gasteiger partial charge in [-0.3, -0.25) is 4.98 Å². The number of hydrogen-bond acceptors (Lipinski definition) is 8. The highest BCUT2D eigenvalue weighted by molar-refractivity contribution is 5.77. The summed E-state index contributed by atoms with van der Waals surface area (Å²) >= 11 is 0. The smallest absolute Gasteiger partial charge is 0.406 e. The van der Waals surface area contributed by atoms with Crippen LogP contribution in [0.1, 0.15) is 31.4 Å². The first-order chi connectivity index (χ1) is 17.4. The third-order valence-electron chi connectivity index (χ3n) is 5.76. The summed E-state index contributed by atoms with van der Waals surface area (Å²) in [6.45, 7) is -1.99. The Hall–Kier alpha value is -4.60. The molecule has 11 nitrogen and oxygen atoms in total. The van der Waals surface area contributed by atoms with Crippen molar-refractivity contribution in [3.05, 3.63) is 48.4 Å². The van der Waals surface area contributed by atoms with Gasteiger partial charge in [-0.25, -0.2) is 9.31 Å². The summed E-state index contributed by atoms with van der Waals surface area (Å²) in [5.41, 5.74) is 9.40. The maximum atomic E-state index is 12.6. The number of methoxy groups -OCH3 is 1. The highest BCUT2D eigenvalue weighted by atomic mass is 19.3. The number of nitriles is 1. The number of carbonyl (C=O) groups is 1. The van der Waals surface area contributed by atoms with E-state index in [0.29, 0.717) is 38.8 Å². The fourth-order valence-electron chi connectivity index (χ4n) is 3.57. The van der Waals surface area contributed by atoms with Crippen molar-refractivity contribution in [3.8, 4) is 28.7 Å². The number of pyridine rings is 1. The lowest BCUT2D eigenvalue weighted by atomic mass is 9.85. The quantitative estimate of drug-likeness (QED) is 0.426. The highest BCUT2D eigenvalue weighted by Crippen LogP contribution is 2.29. The average Bonchev–Trinajstić information content (AvgIpc) is 3.50. The van der Waals surface area contributed by atoms with E-state index in [9.17, 15) is 13.6 Å². The van der Waals surface area contributed by atoms with Crippen molar-refractivity contribution in [2.75, 3.05) is 19.4 Å². The van der Waals surface area contributed by atoms with E-state index in [2.05, 4.69) is 30.4 Å². The molecule has 36 heavy (non-hydrogen) atoms. The predicted molar refractivity (Wildman–Crippen MR) is 126 cm³/mol. The Morgan fingerprint density at radius 2 is 2.11 bits per heavy atom. The zero-order valence-electron chi connectivity index (χ0n) is 19.3. The van der Waals surface area contributed by atoms with Crippen molar-refractivity contribution in [1.29, 1.82) is 5.26 Å². The number of nitrogens with two attached hydrogens (primary N) is 1. The average molecular weight is 495 g/mol. The Balaban J connectivity index is 0.000000256. The number of halogens is 2. The standard InChI is InChI=1S/C16H10F2N8.C7H13NO2/c17-16(18)25-8-14(23-24-25)11-7-21-13(4-12(11)20)15-2-1-10-3-9(5-19)6-22-26(10)15;1-10-7(9)8-5-6-3-2-4-6/h1-4,6-8,16H,(H2,20,21);6H,2-5H2,1H3,(H,8,9). The second-order valence-corrected chi connectivity index (χ2v) is 8.10. The molecule has 1 aliphatic rings. The predicted octanol–water partition coefficient (Wildman–Crippen LogP) is 3.65. The van der Waals surface area contributed by atoms with Gasteiger partial charge in [0.2, 0.25) is 0 Å². The molecule has 0 spiro atoms. The van der Waals surface area contributed by atoms with Crippen LogP contribution in [0.4, 0.5) is 19.3 Å². The van der Waals surface area contributed by atoms with Gasteiger partial charge in [-0.05, 0) is 43.0 Å². The van der Waals surface area contributed by atoms with Crippen molar-refractivity contribution in [3.63, 3.8) is 0 Å². The topological polar surface area (TPSA) is 149 Å². The van der Waals surface area contributed by atoms with E-state index >= 15 is 0 Å². The Morgan fingerprint density at radius 3 is 2.72 bits per heavy atom. The maximum absolute atomic E-state index is 12.6. The van der Waals surface area contributed by atoms with Crippen LogP contribution in [0.15, 0.2) is 42.9 Å². The van der Waals surface area contributed by atoms with Gasteiger partial charge in [0.1, 0.15) is 11.8 Å². The van der Waals surface area contributed by atoms with Crippen molar-refractivity contribution in [2.24, 2.45) is 5.92 Å². The van der Waals surface area contributed by atoms with E-state index < -0.39 is 6.55 Å². The molecule has 1 fully saturated rings. The fraction of sp³-hybridized carbons (Fsp3) is 0.304. The number of ether oxygens (including phenoxy) is 1. The monoisotopic (exact) mass is 495 g/mol. The molecule has 0 aliphatic heterocycles. The minimum atomic E-state index is -2.78. The molecule has 0 radical (unpaired) electrons. The second-order valence-electron chi connectivity index (χ2n) is 8.10. The van der Waals surface area contributed by atoms with Crippen LogP contribution < -0.4 is 11.1 Å². The third-order valence-corrected chi connectivity index (χ3v) is 5.76. The molecule has 1 aliphatic carbocycles. The van der Waals surface area contributed by atoms with Crippen molar-refractivity contribution < 1.29 is 18.3 Å². The summed E-state index contributed by atoms with van der Waals surface area (Å²) in [5, 5.41) is 22.9. The van der Waals surface area contributed by atoms with Gasteiger partial charge in [0, 0.05) is 24.0 Å². The number of fused-ring (bicyclic) bond motifs is 1. The van der Waals surface area contributed by atoms with Gasteiger partial charge in [0.15, 0.2) is 0 Å². The molecule has 4 aromatic heterocycles. The summed E-state index contributed by atoms with van der Waals surface area (Å²) in [4.78, 5) is 14.9. The molecule has 0 aromatic carbocycles. The molecule has 4 aromatic rings. The number of aromatic nitrogens is 6. The zero-order chi connectivity index (χ0) is 25.7. The number of alkyl halides is 2. The molecule has 4 heterocycles. The van der Waals surface area contributed by atoms with Gasteiger partial charge in [0.25, 0.3) is 0 Å². The zero-order valence-corrected chi connectivity index (χ0v) is 19.3. The number of hydrogen-bond donors (Lipinski definition) is 2. The Bertz CT molecular complexity index is 1410. The fourth-order valence-corrected chi connectivity index (χ4v) is 3.57. The van der Waals surface area contributed by atoms with Crippen molar-refractivity contribution in [1.82, 2.24) is 34.9 Å². The van der Waals surface area contributed by atoms with Crippen LogP contribution >= 0.6 is 0 Å². The molecule has 1 saturated carbocycles. The van der Waals surface area contributed by atoms with Crippen molar-refractivity contribution >= 4 is 17.3 Å². The SMILES string of the molecule is COC(=O)NCC1CCC1.N#Cc1cnn2c(-c3cc(N)c(-c4cn(C(F)F)nn4)cn3)ccc2c1. The number of nitrogens with zero attached hydrogens (tertiary/aromatic N) is 7. The Morgan fingerprint density at radius 1 is 1.31 bits per heavy atom. The molecule has 0 bridgehead atoms. The van der Waals surface area contributed by atoms with Gasteiger partial charge in [-0.1, -0.05) is 11.6 Å². The molecule has 3 N–H and O–H groups in total. The first-order valence-corrected chi connectivity index (χ1v) is 11.1. The number of rotatable bonds is 5. The summed E-state index contributed by atoms with van der Waals surface area (Å²) < 4.78 is 31.8. The van der Waals surface area contributed by atoms with Crippen LogP contribution in [0.3, 0.4) is 0 Å². The van der Waals surface area contributed by atoms with Crippen LogP contribution in [-0.4, -0.2) is 49.3 Å². The minimum Gasteiger partial charge on any atom is -0.453 e. The van der Waals surface area contributed by atoms with E-state index in [1.54, 1.807) is 22.7 Å². The first-order valence-electron chi connectivity index (χ1n) is 11.1. The summed E-state index contributed by atoms with van der Waals surface area (Å²) in [7, 11) is 1.39. The highest BCUT2D eigenvalue weighted by Gasteiger charge is 2.18. The largest absolute Gasteiger partial charge is 0.453 e. The van der Waals surface area contributed by atoms with Crippen LogP contribution in [0.5, 0.6) is 0 Å². The van der Waals surface area contributed by atoms with E-state index in [4.69, 9.17) is 11.0 Å². The molecular formula is C23H23F2N9O2. The van der Waals surface area contributed by atoms with Crippen LogP contribution in [0, 0.1) is 17.2 Å². The molecular weight excluding hydrogens is 472 g/mol. The van der Waals surface area contributed by atoms with Crippen LogP contribution in [0.25, 0.3) is 28.2 Å². The van der Waals surface area contributed by atoms with E-state index in [1.165, 1.54) is 38.8 Å².